The summed E-state index contributed by atoms with van der Waals surface area (Å²) >= 11 is 6.56. The molecule has 1 heterocycles. The van der Waals surface area contributed by atoms with E-state index in [-0.39, 0.29) is 0 Å². The van der Waals surface area contributed by atoms with Crippen LogP contribution in [-0.4, -0.2) is 18.2 Å². The van der Waals surface area contributed by atoms with Crippen molar-refractivity contribution >= 4 is 37.4 Å². The smallest absolute Gasteiger partial charge is 0.323 e. The Bertz CT molecular complexity index is 1300. The van der Waals surface area contributed by atoms with Crippen LogP contribution in [0.25, 0.3) is 0 Å². The van der Waals surface area contributed by atoms with Gasteiger partial charge >= 0.3 is 8.27 Å². The maximum Gasteiger partial charge on any atom is 0.323 e. The van der Waals surface area contributed by atoms with Crippen LogP contribution in [-0.2, 0) is 12.1 Å². The second kappa shape index (κ2) is 13.9. The van der Waals surface area contributed by atoms with Gasteiger partial charge < -0.3 is 16.6 Å². The molecule has 0 radical (unpaired) electrons. The van der Waals surface area contributed by atoms with Crippen LogP contribution in [0.2, 0.25) is 0 Å². The number of aryl methyl sites for hydroxylation is 1. The van der Waals surface area contributed by atoms with Gasteiger partial charge in [0.25, 0.3) is 0 Å². The highest BCUT2D eigenvalue weighted by Crippen LogP contribution is 2.41. The fourth-order valence-electron chi connectivity index (χ4n) is 5.59. The average Bonchev–Trinajstić information content (AvgIpc) is 2.89. The number of hydrogen-bond acceptors (Lipinski definition) is 2. The number of para-hydroxylation sites is 2. The predicted octanol–water partition coefficient (Wildman–Crippen LogP) is 9.97. The zero-order chi connectivity index (χ0) is 29.7. The van der Waals surface area contributed by atoms with E-state index >= 15 is 0 Å². The Morgan fingerprint density at radius 2 is 1.02 bits per heavy atom. The summed E-state index contributed by atoms with van der Waals surface area (Å²) in [4.78, 5) is 0. The van der Waals surface area contributed by atoms with E-state index in [1.54, 1.807) is 0 Å². The summed E-state index contributed by atoms with van der Waals surface area (Å²) in [5.41, 5.74) is 12.2. The van der Waals surface area contributed by atoms with Crippen molar-refractivity contribution in [2.75, 3.05) is 4.57 Å². The topological polar surface area (TPSA) is 6.25 Å². The third-order valence-electron chi connectivity index (χ3n) is 7.73. The molecule has 1 aliphatic heterocycles. The highest BCUT2D eigenvalue weighted by molar-refractivity contribution is 7.92. The molecule has 0 amide bonds. The van der Waals surface area contributed by atoms with E-state index in [9.17, 15) is 0 Å². The number of allylic oxidation sites excluding steroid dienone is 2. The lowest BCUT2D eigenvalue weighted by atomic mass is 9.92. The van der Waals surface area contributed by atoms with E-state index in [4.69, 9.17) is 12.1 Å². The largest absolute Gasteiger partial charge is 0.702 e. The lowest BCUT2D eigenvalue weighted by molar-refractivity contribution is -0.284. The van der Waals surface area contributed by atoms with Gasteiger partial charge in [-0.05, 0) is 48.6 Å². The summed E-state index contributed by atoms with van der Waals surface area (Å²) in [6.45, 7) is 24.9. The summed E-state index contributed by atoms with van der Waals surface area (Å²) in [5.74, 6) is 1.77. The Hall–Kier alpha value is -2.56. The normalized spacial score (nSPS) is 15.7. The molecule has 1 aliphatic rings. The molecule has 3 aromatic rings. The Kier molecular flexibility index (Phi) is 11.1. The molecule has 0 bridgehead atoms. The van der Waals surface area contributed by atoms with Crippen molar-refractivity contribution in [3.63, 3.8) is 0 Å². The number of benzene rings is 3. The van der Waals surface area contributed by atoms with Crippen molar-refractivity contribution in [3.8, 4) is 0 Å². The molecule has 214 valence electrons. The fraction of sp³-hybridized carbons (Fsp3) is 0.417. The number of anilines is 1. The Morgan fingerprint density at radius 3 is 1.40 bits per heavy atom. The van der Waals surface area contributed by atoms with Crippen molar-refractivity contribution in [1.82, 2.24) is 0 Å². The molecule has 0 spiro atoms. The molecule has 2 nitrogen and oxygen atoms in total. The van der Waals surface area contributed by atoms with Gasteiger partial charge in [0.2, 0.25) is 0 Å². The minimum atomic E-state index is -2.03. The summed E-state index contributed by atoms with van der Waals surface area (Å²) in [6.07, 6.45) is 2.35. The quantitative estimate of drug-likeness (QED) is 0.215. The van der Waals surface area contributed by atoms with Crippen LogP contribution in [0.5, 0.6) is 0 Å². The molecule has 0 aliphatic carbocycles. The molecule has 0 saturated carbocycles. The van der Waals surface area contributed by atoms with E-state index in [0.717, 1.165) is 0 Å². The van der Waals surface area contributed by atoms with Crippen LogP contribution in [0.1, 0.15) is 121 Å². The Labute approximate surface area is 251 Å². The molecule has 1 atom stereocenters. The van der Waals surface area contributed by atoms with Crippen LogP contribution in [0.4, 0.5) is 11.4 Å². The lowest BCUT2D eigenvalue weighted by Gasteiger charge is -2.41. The maximum atomic E-state index is 6.56. The van der Waals surface area contributed by atoms with Crippen molar-refractivity contribution in [2.24, 2.45) is 0 Å². The van der Waals surface area contributed by atoms with Crippen molar-refractivity contribution in [2.45, 2.75) is 99.8 Å². The number of nitrogens with zero attached hydrogens (tertiary/aromatic N) is 2. The first-order chi connectivity index (χ1) is 18.9. The summed E-state index contributed by atoms with van der Waals surface area (Å²) in [5, 5.41) is 0. The van der Waals surface area contributed by atoms with Gasteiger partial charge in [-0.1, -0.05) is 128 Å². The minimum Gasteiger partial charge on any atom is -0.702 e. The molecular formula is C36H50N2SSi. The van der Waals surface area contributed by atoms with Gasteiger partial charge in [-0.25, -0.2) is 0 Å². The summed E-state index contributed by atoms with van der Waals surface area (Å²) in [6, 6.07) is 23.9. The van der Waals surface area contributed by atoms with Crippen LogP contribution in [0.15, 0.2) is 78.5 Å². The first-order valence-electron chi connectivity index (χ1n) is 14.9. The molecule has 40 heavy (non-hydrogen) atoms. The molecule has 0 aromatic heterocycles. The second-order valence-electron chi connectivity index (χ2n) is 12.3. The molecule has 4 heteroatoms. The molecular weight excluding hydrogens is 521 g/mol. The first kappa shape index (κ1) is 32.0. The van der Waals surface area contributed by atoms with E-state index in [0.29, 0.717) is 23.7 Å². The standard InChI is InChI=1S/C29H42N2SSi.C7H8/c1-18(2)24-13-11-14-25(19(3)4)28(24)30-22(9)17-23(10)31(33(30)32)29-26(20(5)6)15-12-16-27(29)21(7)8;1-7-5-3-2-4-6-7/h11-21,33H,1-10H3;2-6H,1H3. The third-order valence-corrected chi connectivity index (χ3v) is 11.2. The predicted molar refractivity (Wildman–Crippen MR) is 182 cm³/mol. The van der Waals surface area contributed by atoms with Gasteiger partial charge in [-0.15, -0.1) is 0 Å². The molecule has 0 N–H and O–H groups in total. The average molecular weight is 571 g/mol. The fourth-order valence-corrected chi connectivity index (χ4v) is 9.34. The number of hydrogen-bond donors (Lipinski definition) is 0. The van der Waals surface area contributed by atoms with Gasteiger partial charge in [0.1, 0.15) is 0 Å². The van der Waals surface area contributed by atoms with Gasteiger partial charge in [-0.2, -0.15) is 0 Å². The van der Waals surface area contributed by atoms with Gasteiger partial charge in [0.05, 0.1) is 0 Å². The summed E-state index contributed by atoms with van der Waals surface area (Å²) in [7, 11) is -2.03. The second-order valence-corrected chi connectivity index (χ2v) is 15.3. The van der Waals surface area contributed by atoms with E-state index in [1.165, 1.54) is 50.6 Å². The first-order valence-corrected chi connectivity index (χ1v) is 17.8. The zero-order valence-corrected chi connectivity index (χ0v) is 28.6. The van der Waals surface area contributed by atoms with Crippen LogP contribution in [0, 0.1) is 6.92 Å². The van der Waals surface area contributed by atoms with Crippen LogP contribution < -0.4 is 4.57 Å². The summed E-state index contributed by atoms with van der Waals surface area (Å²) < 4.78 is 5.10. The molecule has 4 rings (SSSR count). The van der Waals surface area contributed by atoms with Crippen molar-refractivity contribution in [1.29, 1.82) is 0 Å². The minimum absolute atomic E-state index is 0.442. The van der Waals surface area contributed by atoms with E-state index < -0.39 is 8.27 Å². The molecule has 0 fully saturated rings. The molecule has 0 saturated heterocycles. The Morgan fingerprint density at radius 1 is 0.600 bits per heavy atom. The van der Waals surface area contributed by atoms with Gasteiger partial charge in [0, 0.05) is 35.5 Å². The van der Waals surface area contributed by atoms with Crippen molar-refractivity contribution < 1.29 is 4.24 Å². The van der Waals surface area contributed by atoms with Gasteiger partial charge in [0.15, 0.2) is 11.4 Å². The monoisotopic (exact) mass is 570 g/mol. The molecule has 0 unspecified atom stereocenters. The van der Waals surface area contributed by atoms with E-state index in [1.807, 2.05) is 18.2 Å². The van der Waals surface area contributed by atoms with Gasteiger partial charge in [-0.3, -0.25) is 4.24 Å². The Balaban J connectivity index is 0.000000547. The lowest BCUT2D eigenvalue weighted by Crippen LogP contribution is -2.50. The zero-order valence-electron chi connectivity index (χ0n) is 26.6. The highest BCUT2D eigenvalue weighted by atomic mass is 32.3. The van der Waals surface area contributed by atoms with E-state index in [2.05, 4.69) is 140 Å². The SMILES string of the molecule is CC1=CC(C)=[N+](c2c(C(C)C)cccc2C(C)C)[Si@@H]([S-])N1c1c(C(C)C)cccc1C(C)C.Cc1ccccc1. The van der Waals surface area contributed by atoms with Crippen LogP contribution >= 0.6 is 0 Å². The molecule has 3 aromatic carbocycles. The maximum absolute atomic E-state index is 6.56. The van der Waals surface area contributed by atoms with Crippen LogP contribution in [0.3, 0.4) is 0 Å². The number of rotatable bonds is 6. The van der Waals surface area contributed by atoms with Crippen molar-refractivity contribution in [3.05, 3.63) is 106 Å². The third kappa shape index (κ3) is 7.01. The highest BCUT2D eigenvalue weighted by Gasteiger charge is 2.35.